The van der Waals surface area contributed by atoms with Crippen molar-refractivity contribution < 1.29 is 14.2 Å². The van der Waals surface area contributed by atoms with Gasteiger partial charge in [0.1, 0.15) is 19.8 Å². The maximum Gasteiger partial charge on any atom is 0.169 e. The van der Waals surface area contributed by atoms with Gasteiger partial charge in [-0.2, -0.15) is 0 Å². The second kappa shape index (κ2) is 8.98. The Kier molecular flexibility index (Phi) is 6.88. The first-order chi connectivity index (χ1) is 7.50. The molecule has 0 aromatic carbocycles. The second-order valence-electron chi connectivity index (χ2n) is 2.65. The molecule has 0 aromatic rings. The molecule has 6 heteroatoms. The van der Waals surface area contributed by atoms with E-state index in [1.807, 2.05) is 0 Å². The summed E-state index contributed by atoms with van der Waals surface area (Å²) in [5.41, 5.74) is 0. The topological polar surface area (TPSA) is 64.8 Å². The van der Waals surface area contributed by atoms with Crippen LogP contribution in [0.2, 0.25) is 0 Å². The van der Waals surface area contributed by atoms with Gasteiger partial charge < -0.3 is 14.2 Å². The van der Waals surface area contributed by atoms with Crippen molar-refractivity contribution in [3.05, 3.63) is 0 Å². The lowest BCUT2D eigenvalue weighted by molar-refractivity contribution is 0.361. The molecule has 0 saturated heterocycles. The van der Waals surface area contributed by atoms with Crippen LogP contribution in [0, 0.1) is 0 Å². The average Bonchev–Trinajstić information content (AvgIpc) is 3.09. The number of rotatable bonds is 0. The van der Waals surface area contributed by atoms with Gasteiger partial charge in [-0.05, 0) is 0 Å². The maximum atomic E-state index is 4.65. The van der Waals surface area contributed by atoms with Crippen LogP contribution < -0.4 is 0 Å². The van der Waals surface area contributed by atoms with Crippen LogP contribution in [0.4, 0.5) is 0 Å². The van der Waals surface area contributed by atoms with E-state index in [9.17, 15) is 0 Å². The Labute approximate surface area is 88.7 Å². The van der Waals surface area contributed by atoms with Crippen LogP contribution >= 0.6 is 0 Å². The molecule has 0 N–H and O–H groups in total. The molecule has 84 valence electrons. The van der Waals surface area contributed by atoms with Crippen molar-refractivity contribution in [2.75, 3.05) is 39.5 Å². The lowest BCUT2D eigenvalue weighted by Crippen LogP contribution is -1.80. The summed E-state index contributed by atoms with van der Waals surface area (Å²) < 4.78 is 14.0. The summed E-state index contributed by atoms with van der Waals surface area (Å²) in [6, 6.07) is 0. The molecule has 0 aliphatic carbocycles. The highest BCUT2D eigenvalue weighted by Crippen LogP contribution is 1.79. The smallest absolute Gasteiger partial charge is 0.169 e. The molecule has 3 rings (SSSR count). The molecule has 3 aliphatic heterocycles. The molecule has 0 fully saturated rings. The quantitative estimate of drug-likeness (QED) is 0.574. The fourth-order valence-electron chi connectivity index (χ4n) is 0.791. The Morgan fingerprint density at radius 1 is 0.600 bits per heavy atom. The largest absolute Gasteiger partial charge is 0.482 e. The number of aliphatic imine (C=N–C) groups is 3. The van der Waals surface area contributed by atoms with Gasteiger partial charge in [-0.15, -0.1) is 0 Å². The van der Waals surface area contributed by atoms with Gasteiger partial charge in [0.25, 0.3) is 0 Å². The van der Waals surface area contributed by atoms with Crippen molar-refractivity contribution in [3.8, 4) is 0 Å². The Balaban J connectivity index is 0.000000112. The van der Waals surface area contributed by atoms with E-state index in [1.165, 1.54) is 19.2 Å². The fourth-order valence-corrected chi connectivity index (χ4v) is 0.791. The minimum atomic E-state index is 0.778. The van der Waals surface area contributed by atoms with E-state index in [0.717, 1.165) is 39.5 Å². The van der Waals surface area contributed by atoms with Crippen LogP contribution in [0.1, 0.15) is 0 Å². The lowest BCUT2D eigenvalue weighted by atomic mass is 10.8. The highest BCUT2D eigenvalue weighted by Gasteiger charge is 1.85. The summed E-state index contributed by atoms with van der Waals surface area (Å²) in [7, 11) is 0. The summed E-state index contributed by atoms with van der Waals surface area (Å²) in [6.07, 6.45) is 4.46. The molecule has 15 heavy (non-hydrogen) atoms. The van der Waals surface area contributed by atoms with Crippen LogP contribution in [0.3, 0.4) is 0 Å². The highest BCUT2D eigenvalue weighted by molar-refractivity contribution is 5.48. The molecule has 6 nitrogen and oxygen atoms in total. The van der Waals surface area contributed by atoms with E-state index < -0.39 is 0 Å². The van der Waals surface area contributed by atoms with Gasteiger partial charge in [0.15, 0.2) is 19.2 Å². The van der Waals surface area contributed by atoms with Gasteiger partial charge in [0.2, 0.25) is 0 Å². The zero-order valence-corrected chi connectivity index (χ0v) is 8.54. The molecule has 0 spiro atoms. The molecule has 0 unspecified atom stereocenters. The van der Waals surface area contributed by atoms with E-state index in [1.54, 1.807) is 0 Å². The minimum Gasteiger partial charge on any atom is -0.482 e. The van der Waals surface area contributed by atoms with Gasteiger partial charge in [0, 0.05) is 0 Å². The first kappa shape index (κ1) is 11.5. The first-order valence-corrected chi connectivity index (χ1v) is 4.80. The second-order valence-corrected chi connectivity index (χ2v) is 2.65. The van der Waals surface area contributed by atoms with Crippen molar-refractivity contribution in [2.24, 2.45) is 15.0 Å². The maximum absolute atomic E-state index is 4.65. The molecular formula is C9H15N3O3. The molecule has 0 bridgehead atoms. The first-order valence-electron chi connectivity index (χ1n) is 4.80. The molecular weight excluding hydrogens is 198 g/mol. The molecule has 0 saturated carbocycles. The fraction of sp³-hybridized carbons (Fsp3) is 0.667. The number of hydrogen-bond acceptors (Lipinski definition) is 6. The third-order valence-electron chi connectivity index (χ3n) is 1.46. The Morgan fingerprint density at radius 2 is 0.933 bits per heavy atom. The van der Waals surface area contributed by atoms with E-state index >= 15 is 0 Å². The third kappa shape index (κ3) is 7.48. The predicted molar refractivity (Wildman–Crippen MR) is 57.9 cm³/mol. The zero-order chi connectivity index (χ0) is 10.6. The van der Waals surface area contributed by atoms with Gasteiger partial charge in [-0.3, -0.25) is 15.0 Å². The number of nitrogens with zero attached hydrogens (tertiary/aromatic N) is 3. The molecule has 0 radical (unpaired) electrons. The van der Waals surface area contributed by atoms with Crippen LogP contribution in [0.5, 0.6) is 0 Å². The number of ether oxygens (including phenoxy) is 3. The van der Waals surface area contributed by atoms with Crippen LogP contribution in [-0.4, -0.2) is 58.7 Å². The van der Waals surface area contributed by atoms with Gasteiger partial charge in [0.05, 0.1) is 19.6 Å². The third-order valence-corrected chi connectivity index (χ3v) is 1.46. The monoisotopic (exact) mass is 213 g/mol. The standard InChI is InChI=1S/3C3H5NO/c3*1-2-5-3-4-1/h3*3H,1-2H2. The SMILES string of the molecule is C1=NCCO1.C1=NCCO1.C1=NCCO1. The van der Waals surface area contributed by atoms with E-state index in [2.05, 4.69) is 29.2 Å². The van der Waals surface area contributed by atoms with Gasteiger partial charge in [-0.1, -0.05) is 0 Å². The van der Waals surface area contributed by atoms with E-state index in [4.69, 9.17) is 0 Å². The van der Waals surface area contributed by atoms with Crippen LogP contribution in [0.25, 0.3) is 0 Å². The lowest BCUT2D eigenvalue weighted by Gasteiger charge is -1.76. The molecule has 0 amide bonds. The van der Waals surface area contributed by atoms with Gasteiger partial charge >= 0.3 is 0 Å². The van der Waals surface area contributed by atoms with Crippen molar-refractivity contribution in [2.45, 2.75) is 0 Å². The Bertz CT molecular complexity index is 173. The summed E-state index contributed by atoms with van der Waals surface area (Å²) >= 11 is 0. The predicted octanol–water partition coefficient (Wildman–Crippen LogP) is 0.135. The zero-order valence-electron chi connectivity index (χ0n) is 8.54. The number of hydrogen-bond donors (Lipinski definition) is 0. The van der Waals surface area contributed by atoms with E-state index in [0.29, 0.717) is 0 Å². The average molecular weight is 213 g/mol. The van der Waals surface area contributed by atoms with Crippen LogP contribution in [0.15, 0.2) is 15.0 Å². The summed E-state index contributed by atoms with van der Waals surface area (Å²) in [5.74, 6) is 0. The molecule has 0 atom stereocenters. The summed E-state index contributed by atoms with van der Waals surface area (Å²) in [5, 5.41) is 0. The summed E-state index contributed by atoms with van der Waals surface area (Å²) in [4.78, 5) is 11.2. The van der Waals surface area contributed by atoms with Crippen molar-refractivity contribution in [1.29, 1.82) is 0 Å². The van der Waals surface area contributed by atoms with Crippen molar-refractivity contribution >= 4 is 19.2 Å². The Morgan fingerprint density at radius 3 is 1.00 bits per heavy atom. The molecule has 3 heterocycles. The van der Waals surface area contributed by atoms with E-state index in [-0.39, 0.29) is 0 Å². The summed E-state index contributed by atoms with van der Waals surface area (Å²) in [6.45, 7) is 4.88. The molecule has 3 aliphatic rings. The van der Waals surface area contributed by atoms with Crippen LogP contribution in [-0.2, 0) is 14.2 Å². The highest BCUT2D eigenvalue weighted by atomic mass is 16.5. The Hall–Kier alpha value is -1.59. The normalized spacial score (nSPS) is 19.2. The minimum absolute atomic E-state index is 0.778. The van der Waals surface area contributed by atoms with Gasteiger partial charge in [-0.25, -0.2) is 0 Å². The van der Waals surface area contributed by atoms with Crippen molar-refractivity contribution in [3.63, 3.8) is 0 Å². The molecule has 0 aromatic heterocycles. The van der Waals surface area contributed by atoms with Crippen molar-refractivity contribution in [1.82, 2.24) is 0 Å².